The van der Waals surface area contributed by atoms with Crippen LogP contribution < -0.4 is 4.74 Å². The van der Waals surface area contributed by atoms with Crippen LogP contribution >= 0.6 is 22.7 Å². The number of hydrogen-bond acceptors (Lipinski definition) is 7. The van der Waals surface area contributed by atoms with Crippen LogP contribution in [0, 0.1) is 0 Å². The van der Waals surface area contributed by atoms with Gasteiger partial charge in [-0.25, -0.2) is 4.98 Å². The Kier molecular flexibility index (Phi) is 5.80. The summed E-state index contributed by atoms with van der Waals surface area (Å²) in [5.41, 5.74) is 1.90. The maximum atomic E-state index is 12.1. The third kappa shape index (κ3) is 4.36. The molecule has 0 N–H and O–H groups in total. The van der Waals surface area contributed by atoms with Gasteiger partial charge in [0.05, 0.1) is 24.1 Å². The van der Waals surface area contributed by atoms with E-state index in [1.54, 1.807) is 29.5 Å². The van der Waals surface area contributed by atoms with Crippen LogP contribution in [-0.4, -0.2) is 23.8 Å². The molecule has 3 aromatic rings. The van der Waals surface area contributed by atoms with Crippen molar-refractivity contribution in [2.24, 2.45) is 0 Å². The number of thiazole rings is 1. The summed E-state index contributed by atoms with van der Waals surface area (Å²) in [4.78, 5) is 29.2. The van der Waals surface area contributed by atoms with Crippen LogP contribution in [0.3, 0.4) is 0 Å². The van der Waals surface area contributed by atoms with Crippen LogP contribution in [0.5, 0.6) is 5.75 Å². The number of ketones is 1. The lowest BCUT2D eigenvalue weighted by Crippen LogP contribution is -2.09. The normalized spacial score (nSPS) is 10.5. The van der Waals surface area contributed by atoms with E-state index in [-0.39, 0.29) is 24.8 Å². The number of ether oxygens (including phenoxy) is 2. The molecule has 0 aliphatic carbocycles. The van der Waals surface area contributed by atoms with Crippen molar-refractivity contribution >= 4 is 34.4 Å². The number of aromatic nitrogens is 1. The number of carbonyl (C=O) groups is 2. The molecular formula is C19H17NO4S2. The predicted molar refractivity (Wildman–Crippen MR) is 102 cm³/mol. The van der Waals surface area contributed by atoms with Gasteiger partial charge in [0.1, 0.15) is 17.4 Å². The van der Waals surface area contributed by atoms with Gasteiger partial charge in [0.25, 0.3) is 0 Å². The van der Waals surface area contributed by atoms with Crippen molar-refractivity contribution in [3.63, 3.8) is 0 Å². The molecule has 0 bridgehead atoms. The lowest BCUT2D eigenvalue weighted by Gasteiger charge is -2.10. The van der Waals surface area contributed by atoms with Crippen LogP contribution in [0.1, 0.15) is 28.5 Å². The third-order valence-electron chi connectivity index (χ3n) is 3.68. The maximum absolute atomic E-state index is 12.1. The molecule has 26 heavy (non-hydrogen) atoms. The first kappa shape index (κ1) is 18.3. The second kappa shape index (κ2) is 8.25. The van der Waals surface area contributed by atoms with Gasteiger partial charge in [-0.2, -0.15) is 0 Å². The number of carbonyl (C=O) groups excluding carboxylic acids is 2. The van der Waals surface area contributed by atoms with E-state index in [4.69, 9.17) is 9.47 Å². The second-order valence-corrected chi connectivity index (χ2v) is 7.35. The molecule has 0 spiro atoms. The third-order valence-corrected chi connectivity index (χ3v) is 5.61. The fourth-order valence-corrected chi connectivity index (χ4v) is 4.00. The van der Waals surface area contributed by atoms with E-state index < -0.39 is 0 Å². The molecule has 0 fully saturated rings. The van der Waals surface area contributed by atoms with Crippen molar-refractivity contribution in [1.29, 1.82) is 0 Å². The predicted octanol–water partition coefficient (Wildman–Crippen LogP) is 4.37. The quantitative estimate of drug-likeness (QED) is 0.445. The van der Waals surface area contributed by atoms with E-state index in [2.05, 4.69) is 4.98 Å². The summed E-state index contributed by atoms with van der Waals surface area (Å²) in [7, 11) is 1.54. The fourth-order valence-electron chi connectivity index (χ4n) is 2.37. The zero-order valence-corrected chi connectivity index (χ0v) is 16.0. The van der Waals surface area contributed by atoms with Gasteiger partial charge in [-0.3, -0.25) is 9.59 Å². The smallest absolute Gasteiger partial charge is 0.312 e. The number of hydrogen-bond donors (Lipinski definition) is 0. The molecule has 7 heteroatoms. The molecule has 134 valence electrons. The minimum absolute atomic E-state index is 0.0467. The largest absolute Gasteiger partial charge is 0.496 e. The molecule has 0 saturated carbocycles. The first-order valence-corrected chi connectivity index (χ1v) is 9.64. The second-order valence-electron chi connectivity index (χ2n) is 5.54. The van der Waals surface area contributed by atoms with Gasteiger partial charge in [-0.15, -0.1) is 22.7 Å². The van der Waals surface area contributed by atoms with E-state index in [0.717, 1.165) is 9.88 Å². The molecule has 2 heterocycles. The van der Waals surface area contributed by atoms with Gasteiger partial charge in [0, 0.05) is 16.5 Å². The van der Waals surface area contributed by atoms with Crippen molar-refractivity contribution in [3.8, 4) is 15.6 Å². The molecular weight excluding hydrogens is 370 g/mol. The average Bonchev–Trinajstić information content (AvgIpc) is 3.31. The Morgan fingerprint density at radius 1 is 1.19 bits per heavy atom. The highest BCUT2D eigenvalue weighted by atomic mass is 32.1. The molecule has 0 unspecified atom stereocenters. The Hall–Kier alpha value is -2.51. The Morgan fingerprint density at radius 3 is 2.73 bits per heavy atom. The summed E-state index contributed by atoms with van der Waals surface area (Å²) in [6.07, 6.45) is 0.108. The molecule has 0 amide bonds. The maximum Gasteiger partial charge on any atom is 0.312 e. The van der Waals surface area contributed by atoms with Crippen LogP contribution in [-0.2, 0) is 22.6 Å². The van der Waals surface area contributed by atoms with E-state index in [1.165, 1.54) is 25.4 Å². The highest BCUT2D eigenvalue weighted by Gasteiger charge is 2.13. The van der Waals surface area contributed by atoms with Crippen molar-refractivity contribution in [1.82, 2.24) is 4.98 Å². The fraction of sp³-hybridized carbons (Fsp3) is 0.211. The summed E-state index contributed by atoms with van der Waals surface area (Å²) in [6.45, 7) is 1.54. The summed E-state index contributed by atoms with van der Waals surface area (Å²) >= 11 is 3.12. The topological polar surface area (TPSA) is 65.5 Å². The van der Waals surface area contributed by atoms with Crippen LogP contribution in [0.2, 0.25) is 0 Å². The zero-order chi connectivity index (χ0) is 18.5. The first-order valence-electron chi connectivity index (χ1n) is 7.88. The number of benzene rings is 1. The molecule has 0 saturated heterocycles. The van der Waals surface area contributed by atoms with Gasteiger partial charge in [-0.05, 0) is 36.6 Å². The lowest BCUT2D eigenvalue weighted by atomic mass is 10.1. The van der Waals surface area contributed by atoms with Gasteiger partial charge in [-0.1, -0.05) is 6.07 Å². The molecule has 0 radical (unpaired) electrons. The number of esters is 1. The van der Waals surface area contributed by atoms with Gasteiger partial charge in [0.15, 0.2) is 5.78 Å². The highest BCUT2D eigenvalue weighted by Crippen LogP contribution is 2.28. The number of rotatable bonds is 7. The summed E-state index contributed by atoms with van der Waals surface area (Å²) in [5.74, 6) is 0.156. The van der Waals surface area contributed by atoms with Crippen molar-refractivity contribution in [2.75, 3.05) is 7.11 Å². The Morgan fingerprint density at radius 2 is 2.04 bits per heavy atom. The highest BCUT2D eigenvalue weighted by molar-refractivity contribution is 7.20. The average molecular weight is 387 g/mol. The van der Waals surface area contributed by atoms with Crippen LogP contribution in [0.25, 0.3) is 9.88 Å². The van der Waals surface area contributed by atoms with Crippen molar-refractivity contribution in [3.05, 3.63) is 57.9 Å². The van der Waals surface area contributed by atoms with Crippen LogP contribution in [0.15, 0.2) is 41.1 Å². The number of Topliss-reactive ketones (excluding diaryl/α,β-unsaturated/α-hetero) is 1. The SMILES string of the molecule is COc1ccc(C(C)=O)cc1COC(=O)Cc1csc(-c2cccs2)n1. The lowest BCUT2D eigenvalue weighted by molar-refractivity contribution is -0.144. The number of thiophene rings is 1. The van der Waals surface area contributed by atoms with E-state index in [0.29, 0.717) is 22.6 Å². The van der Waals surface area contributed by atoms with E-state index in [1.807, 2.05) is 22.9 Å². The Labute approximate surface area is 159 Å². The minimum Gasteiger partial charge on any atom is -0.496 e. The molecule has 3 rings (SSSR count). The van der Waals surface area contributed by atoms with Gasteiger partial charge < -0.3 is 9.47 Å². The first-order chi connectivity index (χ1) is 12.6. The number of methoxy groups -OCH3 is 1. The molecule has 0 atom stereocenters. The molecule has 0 aliphatic rings. The Balaban J connectivity index is 1.62. The summed E-state index contributed by atoms with van der Waals surface area (Å²) in [6, 6.07) is 9.05. The van der Waals surface area contributed by atoms with Crippen LogP contribution in [0.4, 0.5) is 0 Å². The summed E-state index contributed by atoms with van der Waals surface area (Å²) < 4.78 is 10.6. The van der Waals surface area contributed by atoms with E-state index in [9.17, 15) is 9.59 Å². The van der Waals surface area contributed by atoms with Gasteiger partial charge in [0.2, 0.25) is 0 Å². The Bertz CT molecular complexity index is 916. The number of nitrogens with zero attached hydrogens (tertiary/aromatic N) is 1. The van der Waals surface area contributed by atoms with Crippen molar-refractivity contribution in [2.45, 2.75) is 20.0 Å². The van der Waals surface area contributed by atoms with E-state index >= 15 is 0 Å². The summed E-state index contributed by atoms with van der Waals surface area (Å²) in [5, 5.41) is 4.76. The van der Waals surface area contributed by atoms with Gasteiger partial charge >= 0.3 is 5.97 Å². The standard InChI is InChI=1S/C19H17NO4S2/c1-12(21)13-5-6-16(23-2)14(8-13)10-24-18(22)9-15-11-26-19(20-15)17-4-3-7-25-17/h3-8,11H,9-10H2,1-2H3. The molecule has 2 aromatic heterocycles. The zero-order valence-electron chi connectivity index (χ0n) is 14.4. The minimum atomic E-state index is -0.372. The monoisotopic (exact) mass is 387 g/mol. The molecule has 5 nitrogen and oxygen atoms in total. The molecule has 1 aromatic carbocycles. The van der Waals surface area contributed by atoms with Crippen molar-refractivity contribution < 1.29 is 19.1 Å². The molecule has 0 aliphatic heterocycles.